The highest BCUT2D eigenvalue weighted by molar-refractivity contribution is 7.89. The van der Waals surface area contributed by atoms with E-state index in [4.69, 9.17) is 16.7 Å². The fourth-order valence-corrected chi connectivity index (χ4v) is 3.32. The molecule has 0 amide bonds. The zero-order valence-electron chi connectivity index (χ0n) is 9.56. The fraction of sp³-hybridized carbons (Fsp3) is 0.455. The van der Waals surface area contributed by atoms with Crippen LogP contribution in [-0.2, 0) is 10.0 Å². The predicted octanol–water partition coefficient (Wildman–Crippen LogP) is 1.78. The minimum Gasteiger partial charge on any atom is -0.396 e. The average Bonchev–Trinajstić information content (AvgIpc) is 2.28. The van der Waals surface area contributed by atoms with Crippen LogP contribution in [0.15, 0.2) is 29.2 Å². The van der Waals surface area contributed by atoms with Gasteiger partial charge in [-0.15, -0.1) is 0 Å². The lowest BCUT2D eigenvalue weighted by Crippen LogP contribution is -2.35. The van der Waals surface area contributed by atoms with Crippen molar-refractivity contribution >= 4 is 21.6 Å². The number of hydrogen-bond donors (Lipinski definition) is 2. The number of benzene rings is 1. The van der Waals surface area contributed by atoms with Crippen LogP contribution >= 0.6 is 11.6 Å². The second-order valence-corrected chi connectivity index (χ2v) is 5.76. The van der Waals surface area contributed by atoms with Gasteiger partial charge in [0.05, 0.1) is 5.02 Å². The first kappa shape index (κ1) is 14.4. The number of rotatable bonds is 6. The minimum absolute atomic E-state index is 0.0520. The van der Waals surface area contributed by atoms with Gasteiger partial charge in [0.25, 0.3) is 0 Å². The minimum atomic E-state index is -3.62. The van der Waals surface area contributed by atoms with Crippen LogP contribution in [0.2, 0.25) is 5.02 Å². The van der Waals surface area contributed by atoms with Crippen molar-refractivity contribution in [2.75, 3.05) is 6.61 Å². The van der Waals surface area contributed by atoms with E-state index >= 15 is 0 Å². The molecule has 0 heterocycles. The molecule has 1 aromatic rings. The molecule has 0 aromatic heterocycles. The average molecular weight is 278 g/mol. The van der Waals surface area contributed by atoms with Crippen LogP contribution in [-0.4, -0.2) is 26.2 Å². The molecule has 0 bridgehead atoms. The highest BCUT2D eigenvalue weighted by atomic mass is 35.5. The fourth-order valence-electron chi connectivity index (χ4n) is 1.45. The molecule has 0 aliphatic carbocycles. The first-order valence-electron chi connectivity index (χ1n) is 5.39. The van der Waals surface area contributed by atoms with Crippen LogP contribution in [0.4, 0.5) is 0 Å². The first-order chi connectivity index (χ1) is 8.01. The third kappa shape index (κ3) is 3.96. The van der Waals surface area contributed by atoms with E-state index in [-0.39, 0.29) is 22.6 Å². The molecule has 0 aliphatic rings. The maximum absolute atomic E-state index is 12.0. The molecule has 0 saturated carbocycles. The van der Waals surface area contributed by atoms with Gasteiger partial charge in [0, 0.05) is 12.6 Å². The largest absolute Gasteiger partial charge is 0.396 e. The van der Waals surface area contributed by atoms with Gasteiger partial charge in [-0.3, -0.25) is 0 Å². The van der Waals surface area contributed by atoms with E-state index in [1.165, 1.54) is 12.1 Å². The highest BCUT2D eigenvalue weighted by Gasteiger charge is 2.20. The standard InChI is InChI=1S/C11H16ClNO3S/c1-2-9(7-8-14)13-17(15,16)11-6-4-3-5-10(11)12/h3-6,9,13-14H,2,7-8H2,1H3. The van der Waals surface area contributed by atoms with E-state index in [2.05, 4.69) is 4.72 Å². The summed E-state index contributed by atoms with van der Waals surface area (Å²) in [4.78, 5) is 0.0676. The zero-order valence-corrected chi connectivity index (χ0v) is 11.1. The van der Waals surface area contributed by atoms with E-state index in [9.17, 15) is 8.42 Å². The molecule has 0 fully saturated rings. The zero-order chi connectivity index (χ0) is 12.9. The summed E-state index contributed by atoms with van der Waals surface area (Å²) in [6.07, 6.45) is 1.00. The van der Waals surface area contributed by atoms with Crippen molar-refractivity contribution < 1.29 is 13.5 Å². The quantitative estimate of drug-likeness (QED) is 0.833. The van der Waals surface area contributed by atoms with Crippen LogP contribution in [0.3, 0.4) is 0 Å². The molecule has 96 valence electrons. The number of aliphatic hydroxyl groups excluding tert-OH is 1. The lowest BCUT2D eigenvalue weighted by Gasteiger charge is -2.16. The SMILES string of the molecule is CCC(CCO)NS(=O)(=O)c1ccccc1Cl. The maximum atomic E-state index is 12.0. The van der Waals surface area contributed by atoms with Crippen LogP contribution in [0.25, 0.3) is 0 Å². The third-order valence-electron chi connectivity index (χ3n) is 2.42. The second-order valence-electron chi connectivity index (χ2n) is 3.67. The third-order valence-corrected chi connectivity index (χ3v) is 4.44. The molecule has 17 heavy (non-hydrogen) atoms. The van der Waals surface area contributed by atoms with Gasteiger partial charge in [0.15, 0.2) is 0 Å². The number of nitrogens with one attached hydrogen (secondary N) is 1. The van der Waals surface area contributed by atoms with Gasteiger partial charge < -0.3 is 5.11 Å². The Bertz CT molecular complexity index is 462. The molecular weight excluding hydrogens is 262 g/mol. The molecule has 0 saturated heterocycles. The van der Waals surface area contributed by atoms with E-state index in [0.29, 0.717) is 12.8 Å². The van der Waals surface area contributed by atoms with Crippen LogP contribution < -0.4 is 4.72 Å². The van der Waals surface area contributed by atoms with E-state index < -0.39 is 10.0 Å². The number of halogens is 1. The highest BCUT2D eigenvalue weighted by Crippen LogP contribution is 2.20. The summed E-state index contributed by atoms with van der Waals surface area (Å²) in [5.74, 6) is 0. The van der Waals surface area contributed by atoms with Gasteiger partial charge in [0.2, 0.25) is 10.0 Å². The molecular formula is C11H16ClNO3S. The second kappa shape index (κ2) is 6.35. The van der Waals surface area contributed by atoms with Gasteiger partial charge >= 0.3 is 0 Å². The molecule has 1 rings (SSSR count). The number of hydrogen-bond acceptors (Lipinski definition) is 3. The van der Waals surface area contributed by atoms with Gasteiger partial charge in [-0.05, 0) is 25.0 Å². The summed E-state index contributed by atoms with van der Waals surface area (Å²) in [5, 5.41) is 9.02. The summed E-state index contributed by atoms with van der Waals surface area (Å²) in [7, 11) is -3.62. The summed E-state index contributed by atoms with van der Waals surface area (Å²) < 4.78 is 26.6. The van der Waals surface area contributed by atoms with Crippen molar-refractivity contribution in [2.24, 2.45) is 0 Å². The Morgan fingerprint density at radius 2 is 2.06 bits per heavy atom. The lowest BCUT2D eigenvalue weighted by molar-refractivity contribution is 0.270. The predicted molar refractivity (Wildman–Crippen MR) is 67.6 cm³/mol. The van der Waals surface area contributed by atoms with Gasteiger partial charge in [0.1, 0.15) is 4.90 Å². The lowest BCUT2D eigenvalue weighted by atomic mass is 10.2. The van der Waals surface area contributed by atoms with Crippen LogP contribution in [0, 0.1) is 0 Å². The summed E-state index contributed by atoms with van der Waals surface area (Å²) in [5.41, 5.74) is 0. The molecule has 1 aromatic carbocycles. The maximum Gasteiger partial charge on any atom is 0.242 e. The number of aliphatic hydroxyl groups is 1. The van der Waals surface area contributed by atoms with Gasteiger partial charge in [-0.1, -0.05) is 30.7 Å². The Labute approximate surface area is 107 Å². The van der Waals surface area contributed by atoms with E-state index in [0.717, 1.165) is 0 Å². The van der Waals surface area contributed by atoms with Crippen molar-refractivity contribution in [3.05, 3.63) is 29.3 Å². The molecule has 6 heteroatoms. The Hall–Kier alpha value is -0.620. The van der Waals surface area contributed by atoms with Gasteiger partial charge in [-0.25, -0.2) is 13.1 Å². The Balaban J connectivity index is 2.92. The van der Waals surface area contributed by atoms with Crippen molar-refractivity contribution in [1.29, 1.82) is 0 Å². The molecule has 1 atom stereocenters. The van der Waals surface area contributed by atoms with Crippen LogP contribution in [0.1, 0.15) is 19.8 Å². The summed E-state index contributed by atoms with van der Waals surface area (Å²) in [6.45, 7) is 1.80. The van der Waals surface area contributed by atoms with E-state index in [1.807, 2.05) is 6.92 Å². The van der Waals surface area contributed by atoms with E-state index in [1.54, 1.807) is 12.1 Å². The number of sulfonamides is 1. The monoisotopic (exact) mass is 277 g/mol. The Morgan fingerprint density at radius 1 is 1.41 bits per heavy atom. The molecule has 2 N–H and O–H groups in total. The van der Waals surface area contributed by atoms with Crippen molar-refractivity contribution in [2.45, 2.75) is 30.7 Å². The molecule has 1 unspecified atom stereocenters. The molecule has 4 nitrogen and oxygen atoms in total. The normalized spacial score (nSPS) is 13.6. The molecule has 0 spiro atoms. The van der Waals surface area contributed by atoms with Crippen molar-refractivity contribution in [3.63, 3.8) is 0 Å². The Kier molecular flexibility index (Phi) is 5.39. The van der Waals surface area contributed by atoms with Crippen molar-refractivity contribution in [3.8, 4) is 0 Å². The summed E-state index contributed by atoms with van der Waals surface area (Å²) >= 11 is 5.84. The van der Waals surface area contributed by atoms with Crippen LogP contribution in [0.5, 0.6) is 0 Å². The smallest absolute Gasteiger partial charge is 0.242 e. The molecule has 0 radical (unpaired) electrons. The summed E-state index contributed by atoms with van der Waals surface area (Å²) in [6, 6.07) is 6.00. The van der Waals surface area contributed by atoms with Gasteiger partial charge in [-0.2, -0.15) is 0 Å². The van der Waals surface area contributed by atoms with Crippen molar-refractivity contribution in [1.82, 2.24) is 4.72 Å². The topological polar surface area (TPSA) is 66.4 Å². The first-order valence-corrected chi connectivity index (χ1v) is 7.25. The Morgan fingerprint density at radius 3 is 2.59 bits per heavy atom. The molecule has 0 aliphatic heterocycles.